The molecule has 0 spiro atoms. The molecule has 2 heterocycles. The average Bonchev–Trinajstić information content (AvgIpc) is 2.68. The zero-order valence-electron chi connectivity index (χ0n) is 9.13. The van der Waals surface area contributed by atoms with Gasteiger partial charge in [-0.25, -0.2) is 4.79 Å². The van der Waals surface area contributed by atoms with Gasteiger partial charge in [0.15, 0.2) is 5.44 Å². The Hall–Kier alpha value is -0.880. The quantitative estimate of drug-likeness (QED) is 0.790. The van der Waals surface area contributed by atoms with Crippen LogP contribution < -0.4 is 5.32 Å². The average molecular weight is 244 g/mol. The summed E-state index contributed by atoms with van der Waals surface area (Å²) in [7, 11) is 0. The lowest BCUT2D eigenvalue weighted by Crippen LogP contribution is -2.46. The normalized spacial score (nSPS) is 31.9. The van der Waals surface area contributed by atoms with E-state index in [0.29, 0.717) is 6.54 Å². The molecule has 1 amide bonds. The third-order valence-electron chi connectivity index (χ3n) is 2.64. The molecule has 6 heteroatoms. The molecule has 0 bridgehead atoms. The van der Waals surface area contributed by atoms with E-state index in [4.69, 9.17) is 9.84 Å². The van der Waals surface area contributed by atoms with Crippen LogP contribution in [-0.2, 0) is 4.74 Å². The third-order valence-corrected chi connectivity index (χ3v) is 4.00. The van der Waals surface area contributed by atoms with E-state index >= 15 is 0 Å². The summed E-state index contributed by atoms with van der Waals surface area (Å²) in [4.78, 5) is 12.5. The van der Waals surface area contributed by atoms with Crippen LogP contribution in [0.2, 0.25) is 0 Å². The zero-order valence-corrected chi connectivity index (χ0v) is 9.94. The number of hydrogen-bond acceptors (Lipinski definition) is 4. The van der Waals surface area contributed by atoms with Gasteiger partial charge in [0.25, 0.3) is 0 Å². The molecule has 16 heavy (non-hydrogen) atoms. The first-order chi connectivity index (χ1) is 7.72. The SMILES string of the molecule is CCCN(C(=O)O)C1NC2CC=COC2S1. The fourth-order valence-electron chi connectivity index (χ4n) is 1.88. The summed E-state index contributed by atoms with van der Waals surface area (Å²) in [5, 5.41) is 12.4. The van der Waals surface area contributed by atoms with Crippen molar-refractivity contribution in [1.82, 2.24) is 10.2 Å². The summed E-state index contributed by atoms with van der Waals surface area (Å²) in [6.07, 6.45) is 4.50. The molecule has 0 aromatic heterocycles. The van der Waals surface area contributed by atoms with Gasteiger partial charge in [-0.2, -0.15) is 0 Å². The maximum atomic E-state index is 11.1. The third kappa shape index (κ3) is 2.27. The second-order valence-corrected chi connectivity index (χ2v) is 5.03. The van der Waals surface area contributed by atoms with Crippen molar-refractivity contribution in [1.29, 1.82) is 0 Å². The number of carbonyl (C=O) groups is 1. The first kappa shape index (κ1) is 11.6. The Bertz CT molecular complexity index is 282. The van der Waals surface area contributed by atoms with Gasteiger partial charge in [-0.05, 0) is 18.9 Å². The van der Waals surface area contributed by atoms with Crippen LogP contribution >= 0.6 is 11.8 Å². The van der Waals surface area contributed by atoms with Crippen molar-refractivity contribution < 1.29 is 14.6 Å². The first-order valence-corrected chi connectivity index (χ1v) is 6.38. The molecule has 2 aliphatic heterocycles. The monoisotopic (exact) mass is 244 g/mol. The minimum absolute atomic E-state index is 0.0358. The largest absolute Gasteiger partial charge is 0.486 e. The first-order valence-electron chi connectivity index (χ1n) is 5.44. The molecule has 0 aliphatic carbocycles. The Balaban J connectivity index is 1.98. The smallest absolute Gasteiger partial charge is 0.409 e. The lowest BCUT2D eigenvalue weighted by atomic mass is 10.2. The zero-order chi connectivity index (χ0) is 11.5. The van der Waals surface area contributed by atoms with E-state index in [2.05, 4.69) is 5.32 Å². The number of nitrogens with one attached hydrogen (secondary N) is 1. The number of thioether (sulfide) groups is 1. The summed E-state index contributed by atoms with van der Waals surface area (Å²) in [6.45, 7) is 2.52. The van der Waals surface area contributed by atoms with Crippen molar-refractivity contribution in [3.8, 4) is 0 Å². The summed E-state index contributed by atoms with van der Waals surface area (Å²) in [6, 6.07) is 0.221. The van der Waals surface area contributed by atoms with E-state index in [1.807, 2.05) is 13.0 Å². The highest BCUT2D eigenvalue weighted by atomic mass is 32.2. The Kier molecular flexibility index (Phi) is 3.60. The van der Waals surface area contributed by atoms with Crippen LogP contribution in [0.5, 0.6) is 0 Å². The number of rotatable bonds is 3. The predicted molar refractivity (Wildman–Crippen MR) is 62.0 cm³/mol. The van der Waals surface area contributed by atoms with Crippen molar-refractivity contribution in [2.75, 3.05) is 6.54 Å². The molecule has 2 aliphatic rings. The van der Waals surface area contributed by atoms with Crippen LogP contribution in [-0.4, -0.2) is 39.6 Å². The Morgan fingerprint density at radius 2 is 2.56 bits per heavy atom. The standard InChI is InChI=1S/C10H16N2O3S/c1-2-5-12(10(13)14)9-11-7-4-3-6-15-8(7)16-9/h3,6-9,11H,2,4-5H2,1H3,(H,13,14). The van der Waals surface area contributed by atoms with Crippen molar-refractivity contribution in [3.63, 3.8) is 0 Å². The van der Waals surface area contributed by atoms with E-state index in [1.165, 1.54) is 16.7 Å². The summed E-state index contributed by atoms with van der Waals surface area (Å²) in [5.41, 5.74) is -0.152. The summed E-state index contributed by atoms with van der Waals surface area (Å²) >= 11 is 1.53. The van der Waals surface area contributed by atoms with Crippen LogP contribution in [0, 0.1) is 0 Å². The minimum atomic E-state index is -0.876. The van der Waals surface area contributed by atoms with Gasteiger partial charge in [0, 0.05) is 6.54 Å². The van der Waals surface area contributed by atoms with Crippen LogP contribution in [0.1, 0.15) is 19.8 Å². The number of carboxylic acid groups (broad SMARTS) is 1. The molecule has 5 nitrogen and oxygen atoms in total. The number of nitrogens with zero attached hydrogens (tertiary/aromatic N) is 1. The molecule has 1 saturated heterocycles. The molecule has 2 rings (SSSR count). The highest BCUT2D eigenvalue weighted by molar-refractivity contribution is 8.00. The van der Waals surface area contributed by atoms with Crippen LogP contribution in [0.25, 0.3) is 0 Å². The van der Waals surface area contributed by atoms with E-state index in [9.17, 15) is 4.79 Å². The van der Waals surface area contributed by atoms with Gasteiger partial charge >= 0.3 is 6.09 Å². The van der Waals surface area contributed by atoms with Gasteiger partial charge in [0.1, 0.15) is 5.50 Å². The number of hydrogen-bond donors (Lipinski definition) is 2. The molecule has 0 radical (unpaired) electrons. The number of ether oxygens (including phenoxy) is 1. The molecule has 3 atom stereocenters. The second kappa shape index (κ2) is 4.97. The highest BCUT2D eigenvalue weighted by Crippen LogP contribution is 2.34. The summed E-state index contributed by atoms with van der Waals surface area (Å²) in [5.74, 6) is 0. The van der Waals surface area contributed by atoms with Gasteiger partial charge in [-0.1, -0.05) is 18.7 Å². The predicted octanol–water partition coefficient (Wildman–Crippen LogP) is 1.63. The highest BCUT2D eigenvalue weighted by Gasteiger charge is 2.40. The van der Waals surface area contributed by atoms with Crippen LogP contribution in [0.4, 0.5) is 4.79 Å². The molecule has 3 unspecified atom stereocenters. The molecule has 2 N–H and O–H groups in total. The van der Waals surface area contributed by atoms with E-state index in [0.717, 1.165) is 12.8 Å². The van der Waals surface area contributed by atoms with Gasteiger partial charge < -0.3 is 9.84 Å². The lowest BCUT2D eigenvalue weighted by Gasteiger charge is -2.24. The second-order valence-electron chi connectivity index (χ2n) is 3.85. The summed E-state index contributed by atoms with van der Waals surface area (Å²) < 4.78 is 5.44. The lowest BCUT2D eigenvalue weighted by molar-refractivity contribution is 0.128. The Morgan fingerprint density at radius 3 is 3.19 bits per heavy atom. The van der Waals surface area contributed by atoms with E-state index in [1.54, 1.807) is 6.26 Å². The van der Waals surface area contributed by atoms with Crippen molar-refractivity contribution in [3.05, 3.63) is 12.3 Å². The Labute approximate surface area is 98.8 Å². The van der Waals surface area contributed by atoms with Crippen LogP contribution in [0.3, 0.4) is 0 Å². The number of amides is 1. The molecule has 90 valence electrons. The molecule has 0 aromatic carbocycles. The van der Waals surface area contributed by atoms with E-state index in [-0.39, 0.29) is 17.0 Å². The minimum Gasteiger partial charge on any atom is -0.486 e. The van der Waals surface area contributed by atoms with Gasteiger partial charge in [0.05, 0.1) is 12.3 Å². The van der Waals surface area contributed by atoms with Gasteiger partial charge in [-0.15, -0.1) is 0 Å². The fraction of sp³-hybridized carbons (Fsp3) is 0.700. The van der Waals surface area contributed by atoms with E-state index < -0.39 is 6.09 Å². The molecular weight excluding hydrogens is 228 g/mol. The number of fused-ring (bicyclic) bond motifs is 1. The Morgan fingerprint density at radius 1 is 1.75 bits per heavy atom. The van der Waals surface area contributed by atoms with Gasteiger partial charge in [-0.3, -0.25) is 10.2 Å². The fourth-order valence-corrected chi connectivity index (χ4v) is 3.24. The maximum absolute atomic E-state index is 11.1. The van der Waals surface area contributed by atoms with Crippen molar-refractivity contribution in [2.24, 2.45) is 0 Å². The molecule has 1 fully saturated rings. The molecule has 0 aromatic rings. The maximum Gasteiger partial charge on any atom is 0.409 e. The topological polar surface area (TPSA) is 61.8 Å². The molecular formula is C10H16N2O3S. The van der Waals surface area contributed by atoms with Gasteiger partial charge in [0.2, 0.25) is 0 Å². The molecule has 0 saturated carbocycles. The van der Waals surface area contributed by atoms with Crippen LogP contribution in [0.15, 0.2) is 12.3 Å². The van der Waals surface area contributed by atoms with Crippen molar-refractivity contribution >= 4 is 17.9 Å². The van der Waals surface area contributed by atoms with Crippen molar-refractivity contribution in [2.45, 2.75) is 36.7 Å².